The molecule has 0 bridgehead atoms. The van der Waals surface area contributed by atoms with Crippen LogP contribution in [-0.2, 0) is 0 Å². The first-order valence-corrected chi connectivity index (χ1v) is 4.61. The van der Waals surface area contributed by atoms with Gasteiger partial charge in [-0.3, -0.25) is 9.78 Å². The lowest BCUT2D eigenvalue weighted by Crippen LogP contribution is -2.30. The number of rotatable bonds is 5. The summed E-state index contributed by atoms with van der Waals surface area (Å²) in [6, 6.07) is 3.07. The first-order chi connectivity index (χ1) is 7.19. The number of aldehydes is 1. The molecule has 0 fully saturated rings. The van der Waals surface area contributed by atoms with Gasteiger partial charge in [0.1, 0.15) is 6.10 Å². The van der Waals surface area contributed by atoms with Gasteiger partial charge in [-0.05, 0) is 19.2 Å². The van der Waals surface area contributed by atoms with E-state index in [0.717, 1.165) is 0 Å². The molecule has 2 atom stereocenters. The summed E-state index contributed by atoms with van der Waals surface area (Å²) in [4.78, 5) is 14.2. The highest BCUT2D eigenvalue weighted by Gasteiger charge is 2.18. The number of hydrogen-bond donors (Lipinski definition) is 3. The van der Waals surface area contributed by atoms with Gasteiger partial charge in [0, 0.05) is 18.3 Å². The molecule has 1 aromatic rings. The van der Waals surface area contributed by atoms with Gasteiger partial charge in [-0.15, -0.1) is 0 Å². The van der Waals surface area contributed by atoms with E-state index < -0.39 is 12.2 Å². The van der Waals surface area contributed by atoms with Crippen LogP contribution in [0.3, 0.4) is 0 Å². The topological polar surface area (TPSA) is 82.5 Å². The van der Waals surface area contributed by atoms with Gasteiger partial charge in [0.05, 0.1) is 11.8 Å². The molecule has 0 aliphatic carbocycles. The molecule has 15 heavy (non-hydrogen) atoms. The number of carbonyl (C=O) groups excluding carboxylic acids is 1. The fourth-order valence-electron chi connectivity index (χ4n) is 1.18. The predicted octanol–water partition coefficient (Wildman–Crippen LogP) is -0.492. The molecule has 0 radical (unpaired) electrons. The average molecular weight is 210 g/mol. The summed E-state index contributed by atoms with van der Waals surface area (Å²) in [6.07, 6.45) is 0.0768. The fraction of sp³-hybridized carbons (Fsp3) is 0.400. The zero-order chi connectivity index (χ0) is 11.3. The van der Waals surface area contributed by atoms with Crippen LogP contribution in [0.2, 0.25) is 0 Å². The summed E-state index contributed by atoms with van der Waals surface area (Å²) in [7, 11) is 1.68. The second-order valence-corrected chi connectivity index (χ2v) is 3.20. The molecular weight excluding hydrogens is 196 g/mol. The number of likely N-dealkylation sites (N-methyl/N-ethyl adjacent to an activating group) is 1. The Morgan fingerprint density at radius 2 is 2.27 bits per heavy atom. The number of aromatic nitrogens is 1. The Hall–Kier alpha value is -1.30. The van der Waals surface area contributed by atoms with Crippen LogP contribution in [0, 0.1) is 0 Å². The van der Waals surface area contributed by atoms with Gasteiger partial charge >= 0.3 is 0 Å². The number of aliphatic hydroxyl groups is 2. The maximum Gasteiger partial charge on any atom is 0.151 e. The second-order valence-electron chi connectivity index (χ2n) is 3.20. The van der Waals surface area contributed by atoms with Crippen molar-refractivity contribution in [3.63, 3.8) is 0 Å². The van der Waals surface area contributed by atoms with E-state index in [1.165, 1.54) is 12.3 Å². The minimum Gasteiger partial charge on any atom is -0.389 e. The SMILES string of the molecule is CNCC(O)C(O)c1ccc(C=O)cn1. The molecule has 5 heteroatoms. The van der Waals surface area contributed by atoms with Crippen LogP contribution in [0.5, 0.6) is 0 Å². The second kappa shape index (κ2) is 5.55. The van der Waals surface area contributed by atoms with Crippen LogP contribution >= 0.6 is 0 Å². The Morgan fingerprint density at radius 1 is 1.53 bits per heavy atom. The molecule has 1 aromatic heterocycles. The first-order valence-electron chi connectivity index (χ1n) is 4.61. The summed E-state index contributed by atoms with van der Waals surface area (Å²) in [5, 5.41) is 21.9. The van der Waals surface area contributed by atoms with Crippen molar-refractivity contribution in [3.8, 4) is 0 Å². The predicted molar refractivity (Wildman–Crippen MR) is 54.5 cm³/mol. The number of pyridine rings is 1. The van der Waals surface area contributed by atoms with Crippen LogP contribution < -0.4 is 5.32 Å². The third-order valence-corrected chi connectivity index (χ3v) is 2.03. The van der Waals surface area contributed by atoms with E-state index in [-0.39, 0.29) is 6.54 Å². The van der Waals surface area contributed by atoms with Crippen molar-refractivity contribution < 1.29 is 15.0 Å². The van der Waals surface area contributed by atoms with Crippen molar-refractivity contribution in [1.82, 2.24) is 10.3 Å². The van der Waals surface area contributed by atoms with Gasteiger partial charge in [0.15, 0.2) is 6.29 Å². The van der Waals surface area contributed by atoms with Crippen molar-refractivity contribution in [2.24, 2.45) is 0 Å². The number of aliphatic hydroxyl groups excluding tert-OH is 2. The Labute approximate surface area is 87.8 Å². The van der Waals surface area contributed by atoms with Crippen LogP contribution in [0.25, 0.3) is 0 Å². The standard InChI is InChI=1S/C10H14N2O3/c1-11-5-9(14)10(15)8-3-2-7(6-13)4-12-8/h2-4,6,9-11,14-15H,5H2,1H3. The van der Waals surface area contributed by atoms with Crippen molar-refractivity contribution in [2.45, 2.75) is 12.2 Å². The number of nitrogens with zero attached hydrogens (tertiary/aromatic N) is 1. The smallest absolute Gasteiger partial charge is 0.151 e. The highest BCUT2D eigenvalue weighted by atomic mass is 16.3. The molecule has 0 amide bonds. The van der Waals surface area contributed by atoms with E-state index in [4.69, 9.17) is 0 Å². The lowest BCUT2D eigenvalue weighted by Gasteiger charge is -2.16. The van der Waals surface area contributed by atoms with Gasteiger partial charge in [0.2, 0.25) is 0 Å². The molecule has 82 valence electrons. The van der Waals surface area contributed by atoms with Gasteiger partial charge in [-0.25, -0.2) is 0 Å². The highest BCUT2D eigenvalue weighted by Crippen LogP contribution is 2.13. The number of nitrogens with one attached hydrogen (secondary N) is 1. The van der Waals surface area contributed by atoms with Gasteiger partial charge in [0.25, 0.3) is 0 Å². The minimum atomic E-state index is -1.04. The quantitative estimate of drug-likeness (QED) is 0.571. The summed E-state index contributed by atoms with van der Waals surface area (Å²) in [5.74, 6) is 0. The van der Waals surface area contributed by atoms with Crippen molar-refractivity contribution in [2.75, 3.05) is 13.6 Å². The number of carbonyl (C=O) groups is 1. The lowest BCUT2D eigenvalue weighted by molar-refractivity contribution is 0.0177. The molecule has 0 spiro atoms. The summed E-state index contributed by atoms with van der Waals surface area (Å²) >= 11 is 0. The van der Waals surface area contributed by atoms with Crippen molar-refractivity contribution >= 4 is 6.29 Å². The summed E-state index contributed by atoms with van der Waals surface area (Å²) in [6.45, 7) is 0.276. The van der Waals surface area contributed by atoms with Crippen LogP contribution in [0.15, 0.2) is 18.3 Å². The Bertz CT molecular complexity index is 313. The Morgan fingerprint density at radius 3 is 2.73 bits per heavy atom. The normalized spacial score (nSPS) is 14.6. The molecule has 0 aromatic carbocycles. The van der Waals surface area contributed by atoms with Crippen LogP contribution in [0.1, 0.15) is 22.2 Å². The average Bonchev–Trinajstić information content (AvgIpc) is 2.28. The molecule has 0 saturated carbocycles. The Balaban J connectivity index is 2.73. The first kappa shape index (κ1) is 11.8. The third kappa shape index (κ3) is 3.09. The van der Waals surface area contributed by atoms with E-state index >= 15 is 0 Å². The highest BCUT2D eigenvalue weighted by molar-refractivity contribution is 5.73. The summed E-state index contributed by atoms with van der Waals surface area (Å²) in [5.41, 5.74) is 0.789. The van der Waals surface area contributed by atoms with E-state index in [0.29, 0.717) is 17.5 Å². The minimum absolute atomic E-state index is 0.276. The largest absolute Gasteiger partial charge is 0.389 e. The molecular formula is C10H14N2O3. The molecule has 0 saturated heterocycles. The number of hydrogen-bond acceptors (Lipinski definition) is 5. The van der Waals surface area contributed by atoms with Gasteiger partial charge in [-0.1, -0.05) is 0 Å². The molecule has 5 nitrogen and oxygen atoms in total. The van der Waals surface area contributed by atoms with Crippen molar-refractivity contribution in [1.29, 1.82) is 0 Å². The lowest BCUT2D eigenvalue weighted by atomic mass is 10.1. The van der Waals surface area contributed by atoms with Crippen LogP contribution in [-0.4, -0.2) is 41.2 Å². The van der Waals surface area contributed by atoms with Gasteiger partial charge < -0.3 is 15.5 Å². The van der Waals surface area contributed by atoms with E-state index in [2.05, 4.69) is 10.3 Å². The molecule has 1 heterocycles. The molecule has 1 rings (SSSR count). The van der Waals surface area contributed by atoms with E-state index in [1.54, 1.807) is 13.1 Å². The third-order valence-electron chi connectivity index (χ3n) is 2.03. The van der Waals surface area contributed by atoms with E-state index in [9.17, 15) is 15.0 Å². The zero-order valence-electron chi connectivity index (χ0n) is 8.42. The zero-order valence-corrected chi connectivity index (χ0v) is 8.42. The summed E-state index contributed by atoms with van der Waals surface area (Å²) < 4.78 is 0. The Kier molecular flexibility index (Phi) is 4.36. The van der Waals surface area contributed by atoms with Crippen molar-refractivity contribution in [3.05, 3.63) is 29.6 Å². The maximum absolute atomic E-state index is 10.4. The molecule has 0 aliphatic rings. The van der Waals surface area contributed by atoms with E-state index in [1.807, 2.05) is 0 Å². The fourth-order valence-corrected chi connectivity index (χ4v) is 1.18. The van der Waals surface area contributed by atoms with Gasteiger partial charge in [-0.2, -0.15) is 0 Å². The van der Waals surface area contributed by atoms with Crippen LogP contribution in [0.4, 0.5) is 0 Å². The molecule has 2 unspecified atom stereocenters. The monoisotopic (exact) mass is 210 g/mol. The maximum atomic E-state index is 10.4. The molecule has 3 N–H and O–H groups in total. The molecule has 0 aliphatic heterocycles.